The maximum Gasteiger partial charge on any atom is 0.254 e. The zero-order valence-corrected chi connectivity index (χ0v) is 18.4. The third-order valence-electron chi connectivity index (χ3n) is 6.39. The Kier molecular flexibility index (Phi) is 6.90. The van der Waals surface area contributed by atoms with E-state index in [1.165, 1.54) is 6.42 Å². The number of benzene rings is 2. The third-order valence-corrected chi connectivity index (χ3v) is 6.39. The standard InChI is InChI=1S/C26H32N2O3/c1-20-9-3-4-13-24(20)26(30)28-16-8-10-21(18-28)19-31-23-12-7-11-22(17-23)25(29)27-14-5-2-6-15-27/h3-4,7,9,11-13,17,21H,2,5-6,8,10,14-16,18-19H2,1H3/t21-/m0/s1. The van der Waals surface area contributed by atoms with Crippen molar-refractivity contribution in [3.63, 3.8) is 0 Å². The summed E-state index contributed by atoms with van der Waals surface area (Å²) < 4.78 is 6.07. The van der Waals surface area contributed by atoms with Crippen molar-refractivity contribution in [3.05, 3.63) is 65.2 Å². The summed E-state index contributed by atoms with van der Waals surface area (Å²) in [5.74, 6) is 1.23. The van der Waals surface area contributed by atoms with Gasteiger partial charge in [-0.2, -0.15) is 0 Å². The van der Waals surface area contributed by atoms with Crippen LogP contribution in [-0.2, 0) is 0 Å². The molecule has 5 nitrogen and oxygen atoms in total. The van der Waals surface area contributed by atoms with Gasteiger partial charge in [-0.1, -0.05) is 24.3 Å². The van der Waals surface area contributed by atoms with E-state index in [2.05, 4.69) is 0 Å². The summed E-state index contributed by atoms with van der Waals surface area (Å²) in [5.41, 5.74) is 2.49. The molecule has 2 aliphatic rings. The molecule has 5 heteroatoms. The summed E-state index contributed by atoms with van der Waals surface area (Å²) >= 11 is 0. The molecule has 2 saturated heterocycles. The van der Waals surface area contributed by atoms with Crippen molar-refractivity contribution in [2.75, 3.05) is 32.8 Å². The highest BCUT2D eigenvalue weighted by atomic mass is 16.5. The van der Waals surface area contributed by atoms with Gasteiger partial charge in [-0.25, -0.2) is 0 Å². The lowest BCUT2D eigenvalue weighted by Gasteiger charge is -2.33. The molecule has 1 atom stereocenters. The van der Waals surface area contributed by atoms with Gasteiger partial charge in [0.25, 0.3) is 11.8 Å². The molecule has 0 spiro atoms. The lowest BCUT2D eigenvalue weighted by atomic mass is 9.97. The number of nitrogens with zero attached hydrogens (tertiary/aromatic N) is 2. The molecule has 2 aromatic rings. The molecule has 0 N–H and O–H groups in total. The second-order valence-electron chi connectivity index (χ2n) is 8.77. The van der Waals surface area contributed by atoms with Crippen LogP contribution in [0.3, 0.4) is 0 Å². The fraction of sp³-hybridized carbons (Fsp3) is 0.462. The Morgan fingerprint density at radius 1 is 0.903 bits per heavy atom. The lowest BCUT2D eigenvalue weighted by Crippen LogP contribution is -2.41. The molecule has 164 valence electrons. The smallest absolute Gasteiger partial charge is 0.254 e. The summed E-state index contributed by atoms with van der Waals surface area (Å²) in [5, 5.41) is 0. The lowest BCUT2D eigenvalue weighted by molar-refractivity contribution is 0.0631. The van der Waals surface area contributed by atoms with E-state index in [1.807, 2.05) is 65.3 Å². The number of amides is 2. The molecule has 4 rings (SSSR count). The molecule has 0 aromatic heterocycles. The van der Waals surface area contributed by atoms with E-state index >= 15 is 0 Å². The van der Waals surface area contributed by atoms with Gasteiger partial charge in [0.15, 0.2) is 0 Å². The predicted molar refractivity (Wildman–Crippen MR) is 121 cm³/mol. The minimum Gasteiger partial charge on any atom is -0.493 e. The molecule has 0 unspecified atom stereocenters. The minimum atomic E-state index is 0.0952. The van der Waals surface area contributed by atoms with Gasteiger partial charge < -0.3 is 14.5 Å². The second-order valence-corrected chi connectivity index (χ2v) is 8.77. The summed E-state index contributed by atoms with van der Waals surface area (Å²) in [4.78, 5) is 29.6. The van der Waals surface area contributed by atoms with Crippen molar-refractivity contribution >= 4 is 11.8 Å². The molecular formula is C26H32N2O3. The molecule has 0 saturated carbocycles. The number of carbonyl (C=O) groups is 2. The van der Waals surface area contributed by atoms with Gasteiger partial charge in [-0.15, -0.1) is 0 Å². The van der Waals surface area contributed by atoms with Gasteiger partial charge in [0.05, 0.1) is 6.61 Å². The Morgan fingerprint density at radius 3 is 2.48 bits per heavy atom. The maximum absolute atomic E-state index is 13.0. The number of hydrogen-bond acceptors (Lipinski definition) is 3. The van der Waals surface area contributed by atoms with Crippen LogP contribution in [0.15, 0.2) is 48.5 Å². The molecule has 0 bridgehead atoms. The van der Waals surface area contributed by atoms with Crippen LogP contribution < -0.4 is 4.74 Å². The summed E-state index contributed by atoms with van der Waals surface area (Å²) in [6.45, 7) is 5.73. The Hall–Kier alpha value is -2.82. The molecule has 31 heavy (non-hydrogen) atoms. The van der Waals surface area contributed by atoms with E-state index in [4.69, 9.17) is 4.74 Å². The van der Waals surface area contributed by atoms with Crippen LogP contribution in [0.5, 0.6) is 5.75 Å². The summed E-state index contributed by atoms with van der Waals surface area (Å²) in [7, 11) is 0. The van der Waals surface area contributed by atoms with Crippen LogP contribution in [0.2, 0.25) is 0 Å². The maximum atomic E-state index is 13.0. The third kappa shape index (κ3) is 5.27. The van der Waals surface area contributed by atoms with Crippen molar-refractivity contribution in [1.82, 2.24) is 9.80 Å². The highest BCUT2D eigenvalue weighted by molar-refractivity contribution is 5.96. The van der Waals surface area contributed by atoms with Gasteiger partial charge in [-0.05, 0) is 68.9 Å². The quantitative estimate of drug-likeness (QED) is 0.713. The number of hydrogen-bond donors (Lipinski definition) is 0. The monoisotopic (exact) mass is 420 g/mol. The number of carbonyl (C=O) groups excluding carboxylic acids is 2. The Morgan fingerprint density at radius 2 is 1.68 bits per heavy atom. The number of ether oxygens (including phenoxy) is 1. The molecular weight excluding hydrogens is 388 g/mol. The van der Waals surface area contributed by atoms with E-state index < -0.39 is 0 Å². The average molecular weight is 421 g/mol. The van der Waals surface area contributed by atoms with E-state index in [-0.39, 0.29) is 11.8 Å². The van der Waals surface area contributed by atoms with Crippen LogP contribution in [0.1, 0.15) is 58.4 Å². The molecule has 2 amide bonds. The Balaban J connectivity index is 1.34. The Bertz CT molecular complexity index is 920. The van der Waals surface area contributed by atoms with Gasteiger partial charge in [0, 0.05) is 43.2 Å². The molecule has 2 heterocycles. The van der Waals surface area contributed by atoms with Crippen molar-refractivity contribution in [2.45, 2.75) is 39.0 Å². The van der Waals surface area contributed by atoms with E-state index in [0.717, 1.165) is 62.2 Å². The molecule has 2 aromatic carbocycles. The van der Waals surface area contributed by atoms with E-state index in [0.29, 0.717) is 24.6 Å². The number of piperidine rings is 2. The number of likely N-dealkylation sites (tertiary alicyclic amines) is 2. The fourth-order valence-electron chi connectivity index (χ4n) is 4.58. The SMILES string of the molecule is Cc1ccccc1C(=O)N1CCC[C@H](COc2cccc(C(=O)N3CCCCC3)c2)C1. The number of aryl methyl sites for hydroxylation is 1. The first-order valence-electron chi connectivity index (χ1n) is 11.5. The highest BCUT2D eigenvalue weighted by Gasteiger charge is 2.26. The van der Waals surface area contributed by atoms with Gasteiger partial charge in [0.1, 0.15) is 5.75 Å². The van der Waals surface area contributed by atoms with Crippen LogP contribution in [0.4, 0.5) is 0 Å². The van der Waals surface area contributed by atoms with Crippen molar-refractivity contribution < 1.29 is 14.3 Å². The van der Waals surface area contributed by atoms with Crippen molar-refractivity contribution in [3.8, 4) is 5.75 Å². The number of rotatable bonds is 5. The molecule has 2 fully saturated rings. The summed E-state index contributed by atoms with van der Waals surface area (Å²) in [6.07, 6.45) is 5.41. The molecule has 0 radical (unpaired) electrons. The van der Waals surface area contributed by atoms with Gasteiger partial charge >= 0.3 is 0 Å². The normalized spacial score (nSPS) is 19.2. The van der Waals surface area contributed by atoms with Crippen LogP contribution in [0, 0.1) is 12.8 Å². The van der Waals surface area contributed by atoms with Gasteiger partial charge in [0.2, 0.25) is 0 Å². The first kappa shape index (κ1) is 21.4. The van der Waals surface area contributed by atoms with Crippen LogP contribution >= 0.6 is 0 Å². The predicted octanol–water partition coefficient (Wildman–Crippen LogP) is 4.55. The zero-order chi connectivity index (χ0) is 21.6. The molecule has 2 aliphatic heterocycles. The average Bonchev–Trinajstić information content (AvgIpc) is 2.83. The second kappa shape index (κ2) is 9.99. The van der Waals surface area contributed by atoms with E-state index in [9.17, 15) is 9.59 Å². The van der Waals surface area contributed by atoms with Crippen LogP contribution in [0.25, 0.3) is 0 Å². The topological polar surface area (TPSA) is 49.9 Å². The van der Waals surface area contributed by atoms with Gasteiger partial charge in [-0.3, -0.25) is 9.59 Å². The van der Waals surface area contributed by atoms with E-state index in [1.54, 1.807) is 0 Å². The minimum absolute atomic E-state index is 0.0952. The van der Waals surface area contributed by atoms with Crippen molar-refractivity contribution in [2.24, 2.45) is 5.92 Å². The first-order valence-corrected chi connectivity index (χ1v) is 11.5. The summed E-state index contributed by atoms with van der Waals surface area (Å²) in [6, 6.07) is 15.3. The van der Waals surface area contributed by atoms with Crippen LogP contribution in [-0.4, -0.2) is 54.4 Å². The first-order chi connectivity index (χ1) is 15.1. The Labute approximate surface area is 185 Å². The largest absolute Gasteiger partial charge is 0.493 e. The fourth-order valence-corrected chi connectivity index (χ4v) is 4.58. The zero-order valence-electron chi connectivity index (χ0n) is 18.4. The highest BCUT2D eigenvalue weighted by Crippen LogP contribution is 2.23. The molecule has 0 aliphatic carbocycles. The van der Waals surface area contributed by atoms with Crippen molar-refractivity contribution in [1.29, 1.82) is 0 Å².